The SMILES string of the molecule is Cc1oc(C2CCC2)nc1C(=O)NC(C)c1ccco1. The zero-order valence-electron chi connectivity index (χ0n) is 11.7. The Hall–Kier alpha value is -2.04. The number of rotatable bonds is 4. The van der Waals surface area contributed by atoms with Gasteiger partial charge in [-0.05, 0) is 38.8 Å². The lowest BCUT2D eigenvalue weighted by atomic mass is 9.85. The van der Waals surface area contributed by atoms with E-state index in [2.05, 4.69) is 10.3 Å². The van der Waals surface area contributed by atoms with Crippen LogP contribution in [0, 0.1) is 6.92 Å². The molecule has 0 spiro atoms. The molecule has 0 aromatic carbocycles. The fourth-order valence-electron chi connectivity index (χ4n) is 2.33. The van der Waals surface area contributed by atoms with Gasteiger partial charge in [0.25, 0.3) is 5.91 Å². The summed E-state index contributed by atoms with van der Waals surface area (Å²) in [5.41, 5.74) is 0.380. The predicted octanol–water partition coefficient (Wildman–Crippen LogP) is 3.33. The highest BCUT2D eigenvalue weighted by Gasteiger charge is 2.27. The van der Waals surface area contributed by atoms with Crippen LogP contribution in [0.3, 0.4) is 0 Å². The fraction of sp³-hybridized carbons (Fsp3) is 0.467. The van der Waals surface area contributed by atoms with Crippen molar-refractivity contribution >= 4 is 5.91 Å². The van der Waals surface area contributed by atoms with Crippen LogP contribution in [0.2, 0.25) is 0 Å². The second-order valence-corrected chi connectivity index (χ2v) is 5.30. The molecule has 1 unspecified atom stereocenters. The normalized spacial score (nSPS) is 16.7. The van der Waals surface area contributed by atoms with Gasteiger partial charge >= 0.3 is 0 Å². The lowest BCUT2D eigenvalue weighted by molar-refractivity contribution is 0.0929. The molecule has 1 aliphatic carbocycles. The van der Waals surface area contributed by atoms with Crippen LogP contribution in [0.1, 0.15) is 66.0 Å². The van der Waals surface area contributed by atoms with Crippen LogP contribution < -0.4 is 5.32 Å². The first-order chi connectivity index (χ1) is 9.65. The maximum atomic E-state index is 12.2. The largest absolute Gasteiger partial charge is 0.467 e. The second-order valence-electron chi connectivity index (χ2n) is 5.30. The smallest absolute Gasteiger partial charge is 0.274 e. The minimum Gasteiger partial charge on any atom is -0.467 e. The molecule has 0 bridgehead atoms. The number of hydrogen-bond acceptors (Lipinski definition) is 4. The van der Waals surface area contributed by atoms with Crippen molar-refractivity contribution in [2.75, 3.05) is 0 Å². The van der Waals surface area contributed by atoms with Crippen molar-refractivity contribution in [1.29, 1.82) is 0 Å². The number of furan rings is 1. The van der Waals surface area contributed by atoms with E-state index in [0.29, 0.717) is 23.3 Å². The first kappa shape index (κ1) is 13.0. The van der Waals surface area contributed by atoms with Gasteiger partial charge in [0.2, 0.25) is 0 Å². The van der Waals surface area contributed by atoms with Crippen molar-refractivity contribution in [2.24, 2.45) is 0 Å². The maximum Gasteiger partial charge on any atom is 0.274 e. The summed E-state index contributed by atoms with van der Waals surface area (Å²) in [6.07, 6.45) is 5.00. The van der Waals surface area contributed by atoms with E-state index in [9.17, 15) is 4.79 Å². The number of nitrogens with one attached hydrogen (secondary N) is 1. The zero-order valence-corrected chi connectivity index (χ0v) is 11.7. The lowest BCUT2D eigenvalue weighted by Crippen LogP contribution is -2.27. The number of carbonyl (C=O) groups is 1. The Balaban J connectivity index is 1.72. The van der Waals surface area contributed by atoms with E-state index in [0.717, 1.165) is 18.6 Å². The Labute approximate surface area is 117 Å². The Bertz CT molecular complexity index is 597. The molecule has 1 N–H and O–H groups in total. The van der Waals surface area contributed by atoms with E-state index in [1.54, 1.807) is 19.3 Å². The molecule has 0 aliphatic heterocycles. The molecule has 5 nitrogen and oxygen atoms in total. The molecule has 1 fully saturated rings. The van der Waals surface area contributed by atoms with Crippen molar-refractivity contribution < 1.29 is 13.6 Å². The molecule has 2 aromatic heterocycles. The van der Waals surface area contributed by atoms with Crippen molar-refractivity contribution in [3.05, 3.63) is 41.5 Å². The molecule has 1 atom stereocenters. The standard InChI is InChI=1S/C15H18N2O3/c1-9(12-7-4-8-19-12)16-14(18)13-10(2)20-15(17-13)11-5-3-6-11/h4,7-9,11H,3,5-6H2,1-2H3,(H,16,18). The van der Waals surface area contributed by atoms with Gasteiger partial charge in [0.15, 0.2) is 11.6 Å². The van der Waals surface area contributed by atoms with Crippen molar-refractivity contribution in [1.82, 2.24) is 10.3 Å². The molecule has 20 heavy (non-hydrogen) atoms. The van der Waals surface area contributed by atoms with Gasteiger partial charge < -0.3 is 14.2 Å². The second kappa shape index (κ2) is 5.15. The fourth-order valence-corrected chi connectivity index (χ4v) is 2.33. The summed E-state index contributed by atoms with van der Waals surface area (Å²) in [5, 5.41) is 2.87. The minimum absolute atomic E-state index is 0.194. The summed E-state index contributed by atoms with van der Waals surface area (Å²) >= 11 is 0. The van der Waals surface area contributed by atoms with Crippen LogP contribution in [0.5, 0.6) is 0 Å². The highest BCUT2D eigenvalue weighted by molar-refractivity contribution is 5.93. The molecule has 2 heterocycles. The van der Waals surface area contributed by atoms with Crippen LogP contribution in [-0.4, -0.2) is 10.9 Å². The Morgan fingerprint density at radius 1 is 1.50 bits per heavy atom. The summed E-state index contributed by atoms with van der Waals surface area (Å²) in [6, 6.07) is 3.44. The lowest BCUT2D eigenvalue weighted by Gasteiger charge is -2.21. The van der Waals surface area contributed by atoms with Gasteiger partial charge in [0.1, 0.15) is 11.5 Å². The average molecular weight is 274 g/mol. The number of aromatic nitrogens is 1. The molecule has 1 saturated carbocycles. The zero-order chi connectivity index (χ0) is 14.1. The highest BCUT2D eigenvalue weighted by Crippen LogP contribution is 2.36. The molecule has 1 aliphatic rings. The van der Waals surface area contributed by atoms with E-state index in [4.69, 9.17) is 8.83 Å². The molecule has 5 heteroatoms. The van der Waals surface area contributed by atoms with Gasteiger partial charge in [0, 0.05) is 5.92 Å². The summed E-state index contributed by atoms with van der Waals surface area (Å²) in [4.78, 5) is 16.6. The first-order valence-corrected chi connectivity index (χ1v) is 6.96. The quantitative estimate of drug-likeness (QED) is 0.928. The van der Waals surface area contributed by atoms with Crippen molar-refractivity contribution in [2.45, 2.75) is 45.1 Å². The van der Waals surface area contributed by atoms with Crippen LogP contribution in [0.25, 0.3) is 0 Å². The van der Waals surface area contributed by atoms with Crippen LogP contribution >= 0.6 is 0 Å². The number of nitrogens with zero attached hydrogens (tertiary/aromatic N) is 1. The third-order valence-corrected chi connectivity index (χ3v) is 3.80. The van der Waals surface area contributed by atoms with Crippen LogP contribution in [-0.2, 0) is 0 Å². The topological polar surface area (TPSA) is 68.3 Å². The Kier molecular flexibility index (Phi) is 3.34. The number of aryl methyl sites for hydroxylation is 1. The van der Waals surface area contributed by atoms with Gasteiger partial charge in [-0.3, -0.25) is 4.79 Å². The first-order valence-electron chi connectivity index (χ1n) is 6.96. The third kappa shape index (κ3) is 2.35. The van der Waals surface area contributed by atoms with E-state index in [1.165, 1.54) is 6.42 Å². The van der Waals surface area contributed by atoms with Crippen molar-refractivity contribution in [3.63, 3.8) is 0 Å². The summed E-state index contributed by atoms with van der Waals surface area (Å²) in [7, 11) is 0. The van der Waals surface area contributed by atoms with Crippen molar-refractivity contribution in [3.8, 4) is 0 Å². The molecule has 2 aromatic rings. The monoisotopic (exact) mass is 274 g/mol. The van der Waals surface area contributed by atoms with Crippen LogP contribution in [0.4, 0.5) is 0 Å². The molecular weight excluding hydrogens is 256 g/mol. The van der Waals surface area contributed by atoms with E-state index in [-0.39, 0.29) is 11.9 Å². The minimum atomic E-state index is -0.222. The van der Waals surface area contributed by atoms with Crippen LogP contribution in [0.15, 0.2) is 27.2 Å². The highest BCUT2D eigenvalue weighted by atomic mass is 16.4. The molecule has 3 rings (SSSR count). The van der Waals surface area contributed by atoms with Gasteiger partial charge in [-0.25, -0.2) is 4.98 Å². The molecule has 106 valence electrons. The predicted molar refractivity (Wildman–Crippen MR) is 72.4 cm³/mol. The molecule has 0 saturated heterocycles. The average Bonchev–Trinajstić information content (AvgIpc) is 2.96. The van der Waals surface area contributed by atoms with E-state index < -0.39 is 0 Å². The summed E-state index contributed by atoms with van der Waals surface area (Å²) in [6.45, 7) is 3.65. The number of carbonyl (C=O) groups excluding carboxylic acids is 1. The Morgan fingerprint density at radius 2 is 2.30 bits per heavy atom. The van der Waals surface area contributed by atoms with Gasteiger partial charge in [-0.1, -0.05) is 6.42 Å². The number of hydrogen-bond donors (Lipinski definition) is 1. The Morgan fingerprint density at radius 3 is 2.90 bits per heavy atom. The van der Waals surface area contributed by atoms with Gasteiger partial charge in [0.05, 0.1) is 12.3 Å². The third-order valence-electron chi connectivity index (χ3n) is 3.80. The number of amides is 1. The van der Waals surface area contributed by atoms with E-state index in [1.807, 2.05) is 13.0 Å². The molecule has 0 radical (unpaired) electrons. The molecule has 1 amide bonds. The maximum absolute atomic E-state index is 12.2. The summed E-state index contributed by atoms with van der Waals surface area (Å²) in [5.74, 6) is 2.16. The van der Waals surface area contributed by atoms with Gasteiger partial charge in [-0.2, -0.15) is 0 Å². The number of oxazole rings is 1. The van der Waals surface area contributed by atoms with E-state index >= 15 is 0 Å². The molecular formula is C15H18N2O3. The summed E-state index contributed by atoms with van der Waals surface area (Å²) < 4.78 is 10.9. The van der Waals surface area contributed by atoms with Gasteiger partial charge in [-0.15, -0.1) is 0 Å².